The summed E-state index contributed by atoms with van der Waals surface area (Å²) in [6.07, 6.45) is 2.17. The van der Waals surface area contributed by atoms with Gasteiger partial charge in [0.2, 0.25) is 0 Å². The third kappa shape index (κ3) is 4.10. The van der Waals surface area contributed by atoms with Crippen molar-refractivity contribution in [3.8, 4) is 11.3 Å². The van der Waals surface area contributed by atoms with Crippen molar-refractivity contribution in [2.45, 2.75) is 19.0 Å². The zero-order valence-electron chi connectivity index (χ0n) is 12.5. The Morgan fingerprint density at radius 2 is 2.04 bits per heavy atom. The van der Waals surface area contributed by atoms with Crippen molar-refractivity contribution in [3.05, 3.63) is 42.1 Å². The molecule has 0 aliphatic carbocycles. The number of rotatable bonds is 4. The Hall–Kier alpha value is -2.35. The normalized spacial score (nSPS) is 19.4. The highest BCUT2D eigenvalue weighted by Gasteiger charge is 2.28. The fourth-order valence-corrected chi connectivity index (χ4v) is 4.22. The highest BCUT2D eigenvalue weighted by Crippen LogP contribution is 2.16. The summed E-state index contributed by atoms with van der Waals surface area (Å²) in [5.74, 6) is 0.173. The number of hydrogen-bond donors (Lipinski definition) is 3. The lowest BCUT2D eigenvalue weighted by Gasteiger charge is -2.12. The lowest BCUT2D eigenvalue weighted by atomic mass is 10.1. The second-order valence-electron chi connectivity index (χ2n) is 5.59. The summed E-state index contributed by atoms with van der Waals surface area (Å²) in [6.45, 7) is 0.383. The Bertz CT molecular complexity index is 770. The topological polar surface area (TPSA) is 104 Å². The monoisotopic (exact) mass is 334 g/mol. The summed E-state index contributed by atoms with van der Waals surface area (Å²) in [6, 6.07) is 9.01. The van der Waals surface area contributed by atoms with Crippen LogP contribution in [-0.4, -0.2) is 42.2 Å². The van der Waals surface area contributed by atoms with Crippen molar-refractivity contribution in [3.63, 3.8) is 0 Å². The maximum atomic E-state index is 11.8. The Morgan fingerprint density at radius 1 is 1.26 bits per heavy atom. The first kappa shape index (κ1) is 15.5. The number of carbonyl (C=O) groups is 1. The van der Waals surface area contributed by atoms with Crippen molar-refractivity contribution < 1.29 is 13.2 Å². The molecule has 1 aromatic carbocycles. The van der Waals surface area contributed by atoms with Crippen molar-refractivity contribution in [1.29, 1.82) is 0 Å². The van der Waals surface area contributed by atoms with Crippen molar-refractivity contribution >= 4 is 15.9 Å². The van der Waals surface area contributed by atoms with Gasteiger partial charge in [-0.1, -0.05) is 24.3 Å². The predicted octanol–water partition coefficient (Wildman–Crippen LogP) is 1.06. The number of sulfone groups is 1. The molecule has 1 fully saturated rings. The SMILES string of the molecule is O=C(NCc1ccc(-c2ccn[nH]2)cc1)N[C@@H]1CCS(=O)(=O)C1. The van der Waals surface area contributed by atoms with Gasteiger partial charge >= 0.3 is 6.03 Å². The molecule has 2 amide bonds. The summed E-state index contributed by atoms with van der Waals surface area (Å²) in [5, 5.41) is 12.2. The van der Waals surface area contributed by atoms with Gasteiger partial charge in [-0.25, -0.2) is 13.2 Å². The number of carbonyl (C=O) groups excluding carboxylic acids is 1. The summed E-state index contributed by atoms with van der Waals surface area (Å²) in [5.41, 5.74) is 2.92. The van der Waals surface area contributed by atoms with Gasteiger partial charge in [-0.05, 0) is 23.6 Å². The van der Waals surface area contributed by atoms with Gasteiger partial charge in [-0.3, -0.25) is 5.10 Å². The molecule has 1 saturated heterocycles. The molecule has 0 spiro atoms. The maximum absolute atomic E-state index is 11.8. The lowest BCUT2D eigenvalue weighted by Crippen LogP contribution is -2.42. The lowest BCUT2D eigenvalue weighted by molar-refractivity contribution is 0.237. The van der Waals surface area contributed by atoms with E-state index in [0.717, 1.165) is 16.8 Å². The highest BCUT2D eigenvalue weighted by molar-refractivity contribution is 7.91. The molecule has 0 saturated carbocycles. The summed E-state index contributed by atoms with van der Waals surface area (Å²) in [7, 11) is -2.99. The van der Waals surface area contributed by atoms with E-state index in [1.54, 1.807) is 6.20 Å². The number of urea groups is 1. The van der Waals surface area contributed by atoms with E-state index in [1.165, 1.54) is 0 Å². The van der Waals surface area contributed by atoms with Gasteiger partial charge in [0.25, 0.3) is 0 Å². The molecular weight excluding hydrogens is 316 g/mol. The van der Waals surface area contributed by atoms with E-state index in [-0.39, 0.29) is 23.6 Å². The van der Waals surface area contributed by atoms with E-state index in [1.807, 2.05) is 30.3 Å². The molecule has 7 nitrogen and oxygen atoms in total. The zero-order chi connectivity index (χ0) is 16.3. The Morgan fingerprint density at radius 3 is 2.65 bits per heavy atom. The molecule has 8 heteroatoms. The van der Waals surface area contributed by atoms with Crippen LogP contribution >= 0.6 is 0 Å². The van der Waals surface area contributed by atoms with Gasteiger partial charge in [0.15, 0.2) is 9.84 Å². The van der Waals surface area contributed by atoms with Crippen molar-refractivity contribution in [1.82, 2.24) is 20.8 Å². The number of aromatic nitrogens is 2. The van der Waals surface area contributed by atoms with Crippen LogP contribution in [0.1, 0.15) is 12.0 Å². The van der Waals surface area contributed by atoms with Crippen LogP contribution in [0.4, 0.5) is 4.79 Å². The molecule has 122 valence electrons. The molecule has 0 unspecified atom stereocenters. The third-order valence-electron chi connectivity index (χ3n) is 3.79. The van der Waals surface area contributed by atoms with Crippen LogP contribution in [0.2, 0.25) is 0 Å². The molecule has 1 atom stereocenters. The van der Waals surface area contributed by atoms with E-state index in [4.69, 9.17) is 0 Å². The minimum Gasteiger partial charge on any atom is -0.334 e. The standard InChI is InChI=1S/C15H18N4O3S/c20-15(18-13-6-8-23(21,22)10-13)16-9-11-1-3-12(4-2-11)14-5-7-17-19-14/h1-5,7,13H,6,8-10H2,(H,17,19)(H2,16,18,20)/t13-/m1/s1. The van der Waals surface area contributed by atoms with E-state index in [0.29, 0.717) is 13.0 Å². The first-order valence-corrected chi connectivity index (χ1v) is 9.17. The van der Waals surface area contributed by atoms with Crippen LogP contribution in [-0.2, 0) is 16.4 Å². The van der Waals surface area contributed by atoms with Gasteiger partial charge in [-0.15, -0.1) is 0 Å². The van der Waals surface area contributed by atoms with Gasteiger partial charge in [-0.2, -0.15) is 5.10 Å². The number of aromatic amines is 1. The minimum atomic E-state index is -2.99. The number of H-pyrrole nitrogens is 1. The molecule has 0 radical (unpaired) electrons. The summed E-state index contributed by atoms with van der Waals surface area (Å²) >= 11 is 0. The average molecular weight is 334 g/mol. The third-order valence-corrected chi connectivity index (χ3v) is 5.55. The molecule has 2 aromatic rings. The van der Waals surface area contributed by atoms with Crippen molar-refractivity contribution in [2.24, 2.45) is 0 Å². The molecule has 1 aromatic heterocycles. The molecule has 1 aliphatic rings. The molecule has 23 heavy (non-hydrogen) atoms. The second kappa shape index (κ2) is 6.41. The van der Waals surface area contributed by atoms with E-state index < -0.39 is 9.84 Å². The molecule has 3 N–H and O–H groups in total. The molecular formula is C15H18N4O3S. The van der Waals surface area contributed by atoms with Gasteiger partial charge in [0, 0.05) is 18.8 Å². The van der Waals surface area contributed by atoms with Crippen LogP contribution in [0.5, 0.6) is 0 Å². The van der Waals surface area contributed by atoms with Crippen molar-refractivity contribution in [2.75, 3.05) is 11.5 Å². The molecule has 2 heterocycles. The predicted molar refractivity (Wildman–Crippen MR) is 86.5 cm³/mol. The number of amides is 2. The number of nitrogens with one attached hydrogen (secondary N) is 3. The smallest absolute Gasteiger partial charge is 0.315 e. The van der Waals surface area contributed by atoms with E-state index in [9.17, 15) is 13.2 Å². The van der Waals surface area contributed by atoms with Crippen LogP contribution in [0.3, 0.4) is 0 Å². The fraction of sp³-hybridized carbons (Fsp3) is 0.333. The Kier molecular flexibility index (Phi) is 4.33. The molecule has 1 aliphatic heterocycles. The number of hydrogen-bond acceptors (Lipinski definition) is 4. The second-order valence-corrected chi connectivity index (χ2v) is 7.82. The van der Waals surface area contributed by atoms with Gasteiger partial charge in [0.1, 0.15) is 0 Å². The fourth-order valence-electron chi connectivity index (χ4n) is 2.55. The number of nitrogens with zero attached hydrogens (tertiary/aromatic N) is 1. The average Bonchev–Trinajstić information content (AvgIpc) is 3.15. The van der Waals surface area contributed by atoms with Crippen LogP contribution in [0, 0.1) is 0 Å². The first-order valence-electron chi connectivity index (χ1n) is 7.35. The first-order chi connectivity index (χ1) is 11.0. The molecule has 3 rings (SSSR count). The highest BCUT2D eigenvalue weighted by atomic mass is 32.2. The summed E-state index contributed by atoms with van der Waals surface area (Å²) < 4.78 is 22.7. The van der Waals surface area contributed by atoms with Crippen LogP contribution in [0.15, 0.2) is 36.5 Å². The largest absolute Gasteiger partial charge is 0.334 e. The van der Waals surface area contributed by atoms with E-state index >= 15 is 0 Å². The van der Waals surface area contributed by atoms with Gasteiger partial charge in [0.05, 0.1) is 17.2 Å². The van der Waals surface area contributed by atoms with Crippen LogP contribution < -0.4 is 10.6 Å². The maximum Gasteiger partial charge on any atom is 0.315 e. The quantitative estimate of drug-likeness (QED) is 0.778. The van der Waals surface area contributed by atoms with E-state index in [2.05, 4.69) is 20.8 Å². The Labute approximate surface area is 134 Å². The Balaban J connectivity index is 1.49. The zero-order valence-corrected chi connectivity index (χ0v) is 13.3. The van der Waals surface area contributed by atoms with Crippen LogP contribution in [0.25, 0.3) is 11.3 Å². The number of benzene rings is 1. The van der Waals surface area contributed by atoms with Gasteiger partial charge < -0.3 is 10.6 Å². The minimum absolute atomic E-state index is 0.0271. The molecule has 0 bridgehead atoms. The summed E-state index contributed by atoms with van der Waals surface area (Å²) in [4.78, 5) is 11.8.